The lowest BCUT2D eigenvalue weighted by Crippen LogP contribution is -2.37. The first kappa shape index (κ1) is 11.9. The Morgan fingerprint density at radius 1 is 1.53 bits per heavy atom. The standard InChI is InChI=1S/C13H15FN2O/c14-12-4-1-5-13(11(12)7-15)16-6-2-3-10(8-16)9-17/h1,4-5,10,17H,2-3,6,8-9H2/t10-/m0/s1. The maximum absolute atomic E-state index is 13.5. The molecule has 0 aromatic heterocycles. The van der Waals surface area contributed by atoms with Crippen LogP contribution in [0.4, 0.5) is 10.1 Å². The topological polar surface area (TPSA) is 47.3 Å². The molecule has 1 aliphatic heterocycles. The summed E-state index contributed by atoms with van der Waals surface area (Å²) >= 11 is 0. The molecular weight excluding hydrogens is 219 g/mol. The summed E-state index contributed by atoms with van der Waals surface area (Å²) in [6.45, 7) is 1.65. The Labute approximate surface area is 100 Å². The van der Waals surface area contributed by atoms with Gasteiger partial charge in [-0.3, -0.25) is 0 Å². The van der Waals surface area contributed by atoms with Gasteiger partial charge in [-0.2, -0.15) is 5.26 Å². The Morgan fingerprint density at radius 2 is 2.35 bits per heavy atom. The SMILES string of the molecule is N#Cc1c(F)cccc1N1CCC[C@H](CO)C1. The molecule has 0 aliphatic carbocycles. The van der Waals surface area contributed by atoms with Crippen LogP contribution in [-0.2, 0) is 0 Å². The fraction of sp³-hybridized carbons (Fsp3) is 0.462. The normalized spacial score (nSPS) is 20.1. The van der Waals surface area contributed by atoms with E-state index < -0.39 is 5.82 Å². The maximum Gasteiger partial charge on any atom is 0.143 e. The van der Waals surface area contributed by atoms with Crippen LogP contribution in [0.2, 0.25) is 0 Å². The third-order valence-electron chi connectivity index (χ3n) is 3.22. The van der Waals surface area contributed by atoms with Crippen LogP contribution in [0.5, 0.6) is 0 Å². The molecule has 1 aliphatic rings. The van der Waals surface area contributed by atoms with Crippen LogP contribution in [-0.4, -0.2) is 24.8 Å². The van der Waals surface area contributed by atoms with Crippen LogP contribution in [0.25, 0.3) is 0 Å². The molecule has 1 aromatic rings. The minimum atomic E-state index is -0.476. The molecule has 90 valence electrons. The third kappa shape index (κ3) is 2.40. The molecule has 1 N–H and O–H groups in total. The predicted octanol–water partition coefficient (Wildman–Crippen LogP) is 1.91. The van der Waals surface area contributed by atoms with Crippen molar-refractivity contribution in [2.45, 2.75) is 12.8 Å². The van der Waals surface area contributed by atoms with Gasteiger partial charge < -0.3 is 10.0 Å². The Morgan fingerprint density at radius 3 is 3.06 bits per heavy atom. The predicted molar refractivity (Wildman–Crippen MR) is 63.1 cm³/mol. The first-order chi connectivity index (χ1) is 8.26. The number of hydrogen-bond acceptors (Lipinski definition) is 3. The molecule has 1 heterocycles. The quantitative estimate of drug-likeness (QED) is 0.850. The smallest absolute Gasteiger partial charge is 0.143 e. The number of nitrogens with zero attached hydrogens (tertiary/aromatic N) is 2. The summed E-state index contributed by atoms with van der Waals surface area (Å²) in [5.74, 6) is -0.255. The molecule has 1 atom stereocenters. The first-order valence-electron chi connectivity index (χ1n) is 5.80. The average Bonchev–Trinajstić information content (AvgIpc) is 2.38. The van der Waals surface area contributed by atoms with Crippen LogP contribution in [0, 0.1) is 23.1 Å². The second-order valence-corrected chi connectivity index (χ2v) is 4.38. The molecule has 2 rings (SSSR count). The summed E-state index contributed by atoms with van der Waals surface area (Å²) < 4.78 is 13.5. The van der Waals surface area contributed by atoms with Crippen LogP contribution < -0.4 is 4.90 Å². The highest BCUT2D eigenvalue weighted by molar-refractivity contribution is 5.60. The van der Waals surface area contributed by atoms with E-state index in [0.29, 0.717) is 12.2 Å². The van der Waals surface area contributed by atoms with E-state index in [1.54, 1.807) is 12.1 Å². The van der Waals surface area contributed by atoms with Gasteiger partial charge in [-0.05, 0) is 30.9 Å². The number of anilines is 1. The van der Waals surface area contributed by atoms with E-state index >= 15 is 0 Å². The molecule has 1 aromatic carbocycles. The minimum Gasteiger partial charge on any atom is -0.396 e. The molecule has 0 bridgehead atoms. The zero-order valence-electron chi connectivity index (χ0n) is 9.56. The van der Waals surface area contributed by atoms with Crippen LogP contribution in [0.3, 0.4) is 0 Å². The summed E-state index contributed by atoms with van der Waals surface area (Å²) in [6.07, 6.45) is 1.96. The summed E-state index contributed by atoms with van der Waals surface area (Å²) in [5.41, 5.74) is 0.747. The number of rotatable bonds is 2. The van der Waals surface area contributed by atoms with Crippen molar-refractivity contribution in [1.82, 2.24) is 0 Å². The van der Waals surface area contributed by atoms with Crippen LogP contribution in [0.15, 0.2) is 18.2 Å². The molecule has 4 heteroatoms. The van der Waals surface area contributed by atoms with Crippen LogP contribution in [0.1, 0.15) is 18.4 Å². The third-order valence-corrected chi connectivity index (χ3v) is 3.22. The van der Waals surface area contributed by atoms with Crippen molar-refractivity contribution in [2.75, 3.05) is 24.6 Å². The highest BCUT2D eigenvalue weighted by Gasteiger charge is 2.22. The zero-order valence-corrected chi connectivity index (χ0v) is 9.56. The molecule has 0 saturated carbocycles. The van der Waals surface area contributed by atoms with E-state index in [1.807, 2.05) is 11.0 Å². The summed E-state index contributed by atoms with van der Waals surface area (Å²) in [6, 6.07) is 6.60. The molecule has 0 spiro atoms. The lowest BCUT2D eigenvalue weighted by molar-refractivity contribution is 0.208. The number of benzene rings is 1. The fourth-order valence-corrected chi connectivity index (χ4v) is 2.32. The van der Waals surface area contributed by atoms with Crippen molar-refractivity contribution in [1.29, 1.82) is 5.26 Å². The van der Waals surface area contributed by atoms with Crippen molar-refractivity contribution < 1.29 is 9.50 Å². The molecule has 0 radical (unpaired) electrons. The molecule has 1 saturated heterocycles. The lowest BCUT2D eigenvalue weighted by Gasteiger charge is -2.34. The summed E-state index contributed by atoms with van der Waals surface area (Å²) in [7, 11) is 0. The van der Waals surface area contributed by atoms with Crippen molar-refractivity contribution >= 4 is 5.69 Å². The van der Waals surface area contributed by atoms with E-state index in [4.69, 9.17) is 5.26 Å². The number of aliphatic hydroxyl groups excluding tert-OH is 1. The highest BCUT2D eigenvalue weighted by atomic mass is 19.1. The van der Waals surface area contributed by atoms with Gasteiger partial charge >= 0.3 is 0 Å². The minimum absolute atomic E-state index is 0.103. The maximum atomic E-state index is 13.5. The van der Waals surface area contributed by atoms with Gasteiger partial charge in [0.25, 0.3) is 0 Å². The van der Waals surface area contributed by atoms with E-state index in [1.165, 1.54) is 6.07 Å². The van der Waals surface area contributed by atoms with Crippen molar-refractivity contribution in [2.24, 2.45) is 5.92 Å². The van der Waals surface area contributed by atoms with Gasteiger partial charge in [-0.15, -0.1) is 0 Å². The fourth-order valence-electron chi connectivity index (χ4n) is 2.32. The lowest BCUT2D eigenvalue weighted by atomic mass is 9.98. The number of nitriles is 1. The van der Waals surface area contributed by atoms with E-state index in [-0.39, 0.29) is 18.1 Å². The van der Waals surface area contributed by atoms with Gasteiger partial charge in [0.05, 0.1) is 5.69 Å². The van der Waals surface area contributed by atoms with Gasteiger partial charge in [0, 0.05) is 19.7 Å². The summed E-state index contributed by atoms with van der Waals surface area (Å²) in [4.78, 5) is 1.99. The molecule has 3 nitrogen and oxygen atoms in total. The molecule has 17 heavy (non-hydrogen) atoms. The Hall–Kier alpha value is -1.60. The average molecular weight is 234 g/mol. The Kier molecular flexibility index (Phi) is 3.60. The van der Waals surface area contributed by atoms with Gasteiger partial charge in [0.2, 0.25) is 0 Å². The number of halogens is 1. The number of piperidine rings is 1. The molecule has 1 fully saturated rings. The van der Waals surface area contributed by atoms with Gasteiger partial charge in [0.1, 0.15) is 17.4 Å². The van der Waals surface area contributed by atoms with Gasteiger partial charge in [-0.1, -0.05) is 6.07 Å². The number of aliphatic hydroxyl groups is 1. The van der Waals surface area contributed by atoms with Gasteiger partial charge in [0.15, 0.2) is 0 Å². The Bertz CT molecular complexity index is 442. The van der Waals surface area contributed by atoms with Crippen molar-refractivity contribution in [3.05, 3.63) is 29.6 Å². The van der Waals surface area contributed by atoms with Crippen LogP contribution >= 0.6 is 0 Å². The first-order valence-corrected chi connectivity index (χ1v) is 5.80. The van der Waals surface area contributed by atoms with Crippen molar-refractivity contribution in [3.63, 3.8) is 0 Å². The largest absolute Gasteiger partial charge is 0.396 e. The van der Waals surface area contributed by atoms with Crippen molar-refractivity contribution in [3.8, 4) is 6.07 Å². The highest BCUT2D eigenvalue weighted by Crippen LogP contribution is 2.27. The molecular formula is C13H15FN2O. The van der Waals surface area contributed by atoms with E-state index in [2.05, 4.69) is 0 Å². The zero-order chi connectivity index (χ0) is 12.3. The second kappa shape index (κ2) is 5.15. The summed E-state index contributed by atoms with van der Waals surface area (Å²) in [5, 5.41) is 18.2. The van der Waals surface area contributed by atoms with E-state index in [0.717, 1.165) is 19.4 Å². The number of hydrogen-bond donors (Lipinski definition) is 1. The second-order valence-electron chi connectivity index (χ2n) is 4.38. The van der Waals surface area contributed by atoms with Gasteiger partial charge in [-0.25, -0.2) is 4.39 Å². The molecule has 0 unspecified atom stereocenters. The molecule has 0 amide bonds. The Balaban J connectivity index is 2.28. The van der Waals surface area contributed by atoms with E-state index in [9.17, 15) is 9.50 Å². The monoisotopic (exact) mass is 234 g/mol.